The molecule has 1 unspecified atom stereocenters. The number of aromatic nitrogens is 1. The maximum Gasteiger partial charge on any atom is 0.212 e. The van der Waals surface area contributed by atoms with Crippen LogP contribution < -0.4 is 5.32 Å². The average Bonchev–Trinajstić information content (AvgIpc) is 2.70. The molecule has 1 aromatic heterocycles. The van der Waals surface area contributed by atoms with Crippen LogP contribution in [0.5, 0.6) is 0 Å². The van der Waals surface area contributed by atoms with Gasteiger partial charge in [0.25, 0.3) is 0 Å². The van der Waals surface area contributed by atoms with Crippen molar-refractivity contribution in [2.75, 3.05) is 18.5 Å². The summed E-state index contributed by atoms with van der Waals surface area (Å²) in [4.78, 5) is 3.55. The van der Waals surface area contributed by atoms with Crippen LogP contribution in [0.4, 0.5) is 10.1 Å². The average molecular weight is 196 g/mol. The first-order valence-electron chi connectivity index (χ1n) is 4.81. The first kappa shape index (κ1) is 9.40. The Kier molecular flexibility index (Phi) is 2.93. The Labute approximate surface area is 82.3 Å². The number of hydrogen-bond acceptors (Lipinski definition) is 3. The number of anilines is 1. The molecule has 1 N–H and O–H groups in total. The number of hydrogen-bond donors (Lipinski definition) is 1. The fraction of sp³-hybridized carbons (Fsp3) is 0.500. The Morgan fingerprint density at radius 1 is 1.57 bits per heavy atom. The van der Waals surface area contributed by atoms with Crippen molar-refractivity contribution in [3.63, 3.8) is 0 Å². The second-order valence-electron chi connectivity index (χ2n) is 3.39. The molecule has 14 heavy (non-hydrogen) atoms. The topological polar surface area (TPSA) is 34.1 Å². The van der Waals surface area contributed by atoms with Crippen molar-refractivity contribution >= 4 is 5.69 Å². The molecular formula is C10H13FN2O. The van der Waals surface area contributed by atoms with E-state index in [1.165, 1.54) is 12.3 Å². The van der Waals surface area contributed by atoms with Crippen LogP contribution >= 0.6 is 0 Å². The van der Waals surface area contributed by atoms with Gasteiger partial charge >= 0.3 is 0 Å². The maximum atomic E-state index is 12.5. The first-order chi connectivity index (χ1) is 6.84. The smallest absolute Gasteiger partial charge is 0.212 e. The van der Waals surface area contributed by atoms with Crippen LogP contribution in [0.25, 0.3) is 0 Å². The Bertz CT molecular complexity index is 283. The van der Waals surface area contributed by atoms with Gasteiger partial charge in [-0.3, -0.25) is 0 Å². The van der Waals surface area contributed by atoms with Crippen molar-refractivity contribution in [1.82, 2.24) is 4.98 Å². The minimum Gasteiger partial charge on any atom is -0.381 e. The summed E-state index contributed by atoms with van der Waals surface area (Å²) in [6.45, 7) is 1.63. The number of ether oxygens (including phenoxy) is 1. The molecule has 1 aliphatic rings. The quantitative estimate of drug-likeness (QED) is 0.749. The van der Waals surface area contributed by atoms with Gasteiger partial charge < -0.3 is 10.1 Å². The van der Waals surface area contributed by atoms with Gasteiger partial charge in [0.2, 0.25) is 5.95 Å². The summed E-state index contributed by atoms with van der Waals surface area (Å²) in [5.41, 5.74) is 0.835. The van der Waals surface area contributed by atoms with Gasteiger partial charge in [0.15, 0.2) is 0 Å². The molecule has 4 heteroatoms. The second kappa shape index (κ2) is 4.37. The third-order valence-corrected chi connectivity index (χ3v) is 2.29. The molecule has 3 nitrogen and oxygen atoms in total. The lowest BCUT2D eigenvalue weighted by Gasteiger charge is -2.11. The predicted octanol–water partition coefficient (Wildman–Crippen LogP) is 1.81. The minimum absolute atomic E-state index is 0.292. The molecule has 1 fully saturated rings. The van der Waals surface area contributed by atoms with Crippen molar-refractivity contribution < 1.29 is 9.13 Å². The number of nitrogens with zero attached hydrogens (tertiary/aromatic N) is 1. The number of rotatable bonds is 3. The third-order valence-electron chi connectivity index (χ3n) is 2.29. The molecule has 1 saturated heterocycles. The molecule has 0 amide bonds. The number of halogens is 1. The van der Waals surface area contributed by atoms with Gasteiger partial charge in [0.05, 0.1) is 18.0 Å². The summed E-state index contributed by atoms with van der Waals surface area (Å²) in [7, 11) is 0. The van der Waals surface area contributed by atoms with Gasteiger partial charge in [-0.1, -0.05) is 0 Å². The Morgan fingerprint density at radius 3 is 3.14 bits per heavy atom. The Morgan fingerprint density at radius 2 is 2.50 bits per heavy atom. The van der Waals surface area contributed by atoms with Crippen molar-refractivity contribution in [3.05, 3.63) is 24.3 Å². The van der Waals surface area contributed by atoms with Gasteiger partial charge in [-0.05, 0) is 25.0 Å². The zero-order chi connectivity index (χ0) is 9.80. The molecule has 76 valence electrons. The molecule has 1 aromatic rings. The highest BCUT2D eigenvalue weighted by atomic mass is 19.1. The van der Waals surface area contributed by atoms with E-state index >= 15 is 0 Å². The largest absolute Gasteiger partial charge is 0.381 e. The molecule has 2 heterocycles. The van der Waals surface area contributed by atoms with E-state index in [-0.39, 0.29) is 0 Å². The van der Waals surface area contributed by atoms with Crippen LogP contribution in [0.1, 0.15) is 12.8 Å². The molecule has 0 spiro atoms. The summed E-state index contributed by atoms with van der Waals surface area (Å²) in [5, 5.41) is 3.16. The number of pyridine rings is 1. The molecule has 1 aliphatic heterocycles. The zero-order valence-corrected chi connectivity index (χ0v) is 7.87. The van der Waals surface area contributed by atoms with E-state index in [0.717, 1.165) is 31.7 Å². The van der Waals surface area contributed by atoms with E-state index in [9.17, 15) is 4.39 Å². The van der Waals surface area contributed by atoms with E-state index in [0.29, 0.717) is 6.10 Å². The monoisotopic (exact) mass is 196 g/mol. The fourth-order valence-electron chi connectivity index (χ4n) is 1.52. The van der Waals surface area contributed by atoms with Gasteiger partial charge in [-0.2, -0.15) is 4.39 Å². The molecule has 0 aliphatic carbocycles. The molecule has 0 radical (unpaired) electrons. The molecule has 0 bridgehead atoms. The van der Waals surface area contributed by atoms with Gasteiger partial charge in [0.1, 0.15) is 0 Å². The molecule has 0 saturated carbocycles. The second-order valence-corrected chi connectivity index (χ2v) is 3.39. The van der Waals surface area contributed by atoms with Gasteiger partial charge in [-0.15, -0.1) is 0 Å². The first-order valence-corrected chi connectivity index (χ1v) is 4.81. The van der Waals surface area contributed by atoms with E-state index in [1.807, 2.05) is 0 Å². The summed E-state index contributed by atoms with van der Waals surface area (Å²) < 4.78 is 17.9. The highest BCUT2D eigenvalue weighted by Crippen LogP contribution is 2.13. The van der Waals surface area contributed by atoms with Crippen molar-refractivity contribution in [3.8, 4) is 0 Å². The van der Waals surface area contributed by atoms with Crippen molar-refractivity contribution in [2.45, 2.75) is 18.9 Å². The standard InChI is InChI=1S/C10H13FN2O/c11-10-4-3-8(6-13-10)12-7-9-2-1-5-14-9/h3-4,6,9,12H,1-2,5,7H2. The summed E-state index contributed by atoms with van der Waals surface area (Å²) in [6.07, 6.45) is 4.01. The summed E-state index contributed by atoms with van der Waals surface area (Å²) >= 11 is 0. The Hall–Kier alpha value is -1.16. The molecular weight excluding hydrogens is 183 g/mol. The lowest BCUT2D eigenvalue weighted by atomic mass is 10.2. The number of nitrogens with one attached hydrogen (secondary N) is 1. The van der Waals surface area contributed by atoms with E-state index in [1.54, 1.807) is 6.07 Å². The fourth-order valence-corrected chi connectivity index (χ4v) is 1.52. The van der Waals surface area contributed by atoms with Crippen molar-refractivity contribution in [2.24, 2.45) is 0 Å². The predicted molar refractivity (Wildman–Crippen MR) is 51.7 cm³/mol. The van der Waals surface area contributed by atoms with E-state index < -0.39 is 5.95 Å². The van der Waals surface area contributed by atoms with Crippen LogP contribution in [0.15, 0.2) is 18.3 Å². The summed E-state index contributed by atoms with van der Waals surface area (Å²) in [6, 6.07) is 3.02. The lowest BCUT2D eigenvalue weighted by Crippen LogP contribution is -2.18. The van der Waals surface area contributed by atoms with E-state index in [4.69, 9.17) is 4.74 Å². The van der Waals surface area contributed by atoms with Gasteiger partial charge in [0, 0.05) is 13.2 Å². The normalized spacial score (nSPS) is 21.1. The van der Waals surface area contributed by atoms with Gasteiger partial charge in [-0.25, -0.2) is 4.98 Å². The highest BCUT2D eigenvalue weighted by molar-refractivity contribution is 5.39. The van der Waals surface area contributed by atoms with E-state index in [2.05, 4.69) is 10.3 Å². The lowest BCUT2D eigenvalue weighted by molar-refractivity contribution is 0.120. The zero-order valence-electron chi connectivity index (χ0n) is 7.87. The maximum absolute atomic E-state index is 12.5. The van der Waals surface area contributed by atoms with Crippen LogP contribution in [0.3, 0.4) is 0 Å². The molecule has 1 atom stereocenters. The Balaban J connectivity index is 1.82. The SMILES string of the molecule is Fc1ccc(NCC2CCCO2)cn1. The van der Waals surface area contributed by atoms with Crippen molar-refractivity contribution in [1.29, 1.82) is 0 Å². The molecule has 0 aromatic carbocycles. The highest BCUT2D eigenvalue weighted by Gasteiger charge is 2.14. The van der Waals surface area contributed by atoms with Crippen LogP contribution in [0.2, 0.25) is 0 Å². The van der Waals surface area contributed by atoms with Crippen LogP contribution in [0, 0.1) is 5.95 Å². The minimum atomic E-state index is -0.451. The molecule has 2 rings (SSSR count). The summed E-state index contributed by atoms with van der Waals surface area (Å²) in [5.74, 6) is -0.451. The van der Waals surface area contributed by atoms with Crippen LogP contribution in [-0.4, -0.2) is 24.2 Å². The third kappa shape index (κ3) is 2.42. The van der Waals surface area contributed by atoms with Crippen LogP contribution in [-0.2, 0) is 4.74 Å².